The monoisotopic (exact) mass is 350 g/mol. The number of benzene rings is 1. The number of hydrogen-bond acceptors (Lipinski definition) is 6. The molecule has 0 saturated heterocycles. The summed E-state index contributed by atoms with van der Waals surface area (Å²) in [5, 5.41) is 18.3. The van der Waals surface area contributed by atoms with Gasteiger partial charge in [0.2, 0.25) is 5.91 Å². The van der Waals surface area contributed by atoms with E-state index in [4.69, 9.17) is 0 Å². The van der Waals surface area contributed by atoms with Crippen molar-refractivity contribution in [2.24, 2.45) is 0 Å². The van der Waals surface area contributed by atoms with Crippen LogP contribution in [0.5, 0.6) is 0 Å². The molecule has 8 nitrogen and oxygen atoms in total. The maximum absolute atomic E-state index is 11.8. The second kappa shape index (κ2) is 8.25. The molecule has 0 atom stereocenters. The highest BCUT2D eigenvalue weighted by molar-refractivity contribution is 7.07. The van der Waals surface area contributed by atoms with E-state index in [1.807, 2.05) is 6.92 Å². The average Bonchev–Trinajstić information content (AvgIpc) is 2.88. The summed E-state index contributed by atoms with van der Waals surface area (Å²) in [6, 6.07) is 6.34. The molecule has 1 aromatic heterocycles. The summed E-state index contributed by atoms with van der Waals surface area (Å²) < 4.78 is 1.57. The number of amides is 1. The van der Waals surface area contributed by atoms with Crippen molar-refractivity contribution in [3.8, 4) is 0 Å². The lowest BCUT2D eigenvalue weighted by molar-refractivity contribution is -0.384. The molecule has 2 N–H and O–H groups in total. The van der Waals surface area contributed by atoms with Crippen LogP contribution in [0.1, 0.15) is 12.1 Å². The van der Waals surface area contributed by atoms with Gasteiger partial charge >= 0.3 is 4.87 Å². The quantitative estimate of drug-likeness (QED) is 0.428. The van der Waals surface area contributed by atoms with Crippen molar-refractivity contribution in [2.75, 3.05) is 18.4 Å². The van der Waals surface area contributed by atoms with E-state index < -0.39 is 4.92 Å². The predicted octanol–water partition coefficient (Wildman–Crippen LogP) is 1.74. The van der Waals surface area contributed by atoms with Gasteiger partial charge in [0.1, 0.15) is 5.69 Å². The zero-order valence-electron chi connectivity index (χ0n) is 13.2. The second-order valence-corrected chi connectivity index (χ2v) is 5.92. The molecule has 1 amide bonds. The van der Waals surface area contributed by atoms with Gasteiger partial charge in [-0.25, -0.2) is 0 Å². The zero-order valence-corrected chi connectivity index (χ0v) is 14.0. The van der Waals surface area contributed by atoms with Gasteiger partial charge in [0.25, 0.3) is 5.69 Å². The fourth-order valence-corrected chi connectivity index (χ4v) is 2.92. The minimum Gasteiger partial charge on any atom is -0.378 e. The van der Waals surface area contributed by atoms with Gasteiger partial charge in [-0.1, -0.05) is 23.5 Å². The van der Waals surface area contributed by atoms with Gasteiger partial charge in [-0.05, 0) is 13.0 Å². The van der Waals surface area contributed by atoms with Crippen LogP contribution in [0, 0.1) is 17.0 Å². The maximum atomic E-state index is 11.8. The van der Waals surface area contributed by atoms with Crippen molar-refractivity contribution >= 4 is 28.6 Å². The Balaban J connectivity index is 1.74. The lowest BCUT2D eigenvalue weighted by atomic mass is 10.2. The van der Waals surface area contributed by atoms with E-state index in [-0.39, 0.29) is 22.9 Å². The third kappa shape index (κ3) is 4.66. The number of rotatable bonds is 8. The molecule has 0 spiro atoms. The molecule has 0 unspecified atom stereocenters. The molecule has 2 aromatic rings. The molecule has 0 fully saturated rings. The van der Waals surface area contributed by atoms with Crippen LogP contribution in [0.15, 0.2) is 34.4 Å². The fourth-order valence-electron chi connectivity index (χ4n) is 2.16. The smallest absolute Gasteiger partial charge is 0.307 e. The van der Waals surface area contributed by atoms with E-state index in [9.17, 15) is 19.7 Å². The Labute approximate surface area is 142 Å². The van der Waals surface area contributed by atoms with Crippen molar-refractivity contribution in [1.29, 1.82) is 0 Å². The number of nitrogens with zero attached hydrogens (tertiary/aromatic N) is 2. The molecule has 1 heterocycles. The van der Waals surface area contributed by atoms with Gasteiger partial charge in [0.05, 0.1) is 4.92 Å². The Bertz CT molecular complexity index is 784. The molecular weight excluding hydrogens is 332 g/mol. The standard InChI is InChI=1S/C15H18N4O4S/c1-11-10-24-15(21)18(11)9-6-14(20)17-8-7-16-12-4-2-3-5-13(12)19(22)23/h2-5,10,16H,6-9H2,1H3,(H,17,20). The van der Waals surface area contributed by atoms with Gasteiger partial charge in [-0.3, -0.25) is 19.7 Å². The van der Waals surface area contributed by atoms with E-state index in [1.54, 1.807) is 28.1 Å². The first kappa shape index (κ1) is 17.7. The minimum absolute atomic E-state index is 0.00358. The van der Waals surface area contributed by atoms with Crippen LogP contribution in [-0.2, 0) is 11.3 Å². The molecule has 2 rings (SSSR count). The largest absolute Gasteiger partial charge is 0.378 e. The minimum atomic E-state index is -0.457. The summed E-state index contributed by atoms with van der Waals surface area (Å²) in [6.45, 7) is 2.88. The van der Waals surface area contributed by atoms with E-state index in [0.29, 0.717) is 25.3 Å². The van der Waals surface area contributed by atoms with Crippen molar-refractivity contribution in [2.45, 2.75) is 19.9 Å². The van der Waals surface area contributed by atoms with Crippen LogP contribution in [-0.4, -0.2) is 28.5 Å². The van der Waals surface area contributed by atoms with Crippen molar-refractivity contribution in [1.82, 2.24) is 9.88 Å². The summed E-state index contributed by atoms with van der Waals surface area (Å²) in [4.78, 5) is 33.7. The first-order chi connectivity index (χ1) is 11.5. The molecule has 0 bridgehead atoms. The summed E-state index contributed by atoms with van der Waals surface area (Å²) >= 11 is 1.12. The molecule has 0 aliphatic heterocycles. The van der Waals surface area contributed by atoms with Crippen LogP contribution in [0.2, 0.25) is 0 Å². The topological polar surface area (TPSA) is 106 Å². The molecule has 0 radical (unpaired) electrons. The Kier molecular flexibility index (Phi) is 6.07. The van der Waals surface area contributed by atoms with Crippen LogP contribution in [0.25, 0.3) is 0 Å². The fraction of sp³-hybridized carbons (Fsp3) is 0.333. The number of carbonyl (C=O) groups excluding carboxylic acids is 1. The summed E-state index contributed by atoms with van der Waals surface area (Å²) in [6.07, 6.45) is 0.211. The van der Waals surface area contributed by atoms with Gasteiger partial charge in [0.15, 0.2) is 0 Å². The third-order valence-corrected chi connectivity index (χ3v) is 4.28. The molecule has 0 saturated carbocycles. The van der Waals surface area contributed by atoms with Crippen LogP contribution < -0.4 is 15.5 Å². The van der Waals surface area contributed by atoms with E-state index in [2.05, 4.69) is 10.6 Å². The normalized spacial score (nSPS) is 10.4. The summed E-state index contributed by atoms with van der Waals surface area (Å²) in [7, 11) is 0. The van der Waals surface area contributed by atoms with Crippen LogP contribution >= 0.6 is 11.3 Å². The van der Waals surface area contributed by atoms with Gasteiger partial charge < -0.3 is 15.2 Å². The molecule has 24 heavy (non-hydrogen) atoms. The number of carbonyl (C=O) groups is 1. The lowest BCUT2D eigenvalue weighted by Gasteiger charge is -2.09. The first-order valence-electron chi connectivity index (χ1n) is 7.38. The Morgan fingerprint density at radius 1 is 1.33 bits per heavy atom. The van der Waals surface area contributed by atoms with Crippen LogP contribution in [0.4, 0.5) is 11.4 Å². The molecule has 9 heteroatoms. The molecule has 1 aromatic carbocycles. The van der Waals surface area contributed by atoms with E-state index >= 15 is 0 Å². The van der Waals surface area contributed by atoms with Gasteiger partial charge in [-0.2, -0.15) is 0 Å². The number of aromatic nitrogens is 1. The van der Waals surface area contributed by atoms with Crippen molar-refractivity contribution < 1.29 is 9.72 Å². The van der Waals surface area contributed by atoms with Gasteiger partial charge in [0, 0.05) is 43.2 Å². The molecule has 0 aliphatic rings. The number of nitro benzene ring substituents is 1. The SMILES string of the molecule is Cc1csc(=O)n1CCC(=O)NCCNc1ccccc1[N+](=O)[O-]. The number of para-hydroxylation sites is 2. The number of nitrogens with one attached hydrogen (secondary N) is 2. The second-order valence-electron chi connectivity index (χ2n) is 5.10. The molecule has 0 aliphatic carbocycles. The highest BCUT2D eigenvalue weighted by Crippen LogP contribution is 2.22. The Morgan fingerprint density at radius 3 is 2.75 bits per heavy atom. The van der Waals surface area contributed by atoms with Gasteiger partial charge in [-0.15, -0.1) is 0 Å². The number of anilines is 1. The zero-order chi connectivity index (χ0) is 17.5. The van der Waals surface area contributed by atoms with Crippen LogP contribution in [0.3, 0.4) is 0 Å². The molecular formula is C15H18N4O4S. The Morgan fingerprint density at radius 2 is 2.08 bits per heavy atom. The van der Waals surface area contributed by atoms with Crippen molar-refractivity contribution in [3.05, 3.63) is 55.1 Å². The third-order valence-electron chi connectivity index (χ3n) is 3.40. The van der Waals surface area contributed by atoms with Crippen molar-refractivity contribution in [3.63, 3.8) is 0 Å². The number of hydrogen-bond donors (Lipinski definition) is 2. The Hall–Kier alpha value is -2.68. The predicted molar refractivity (Wildman–Crippen MR) is 92.5 cm³/mol. The summed E-state index contributed by atoms with van der Waals surface area (Å²) in [5.74, 6) is -0.170. The number of aryl methyl sites for hydroxylation is 1. The first-order valence-corrected chi connectivity index (χ1v) is 8.26. The molecule has 128 valence electrons. The summed E-state index contributed by atoms with van der Waals surface area (Å²) in [5.41, 5.74) is 1.25. The number of nitro groups is 1. The van der Waals surface area contributed by atoms with E-state index in [0.717, 1.165) is 17.0 Å². The van der Waals surface area contributed by atoms with E-state index in [1.165, 1.54) is 6.07 Å². The maximum Gasteiger partial charge on any atom is 0.307 e. The highest BCUT2D eigenvalue weighted by Gasteiger charge is 2.11. The number of thiazole rings is 1. The highest BCUT2D eigenvalue weighted by atomic mass is 32.1. The average molecular weight is 350 g/mol. The lowest BCUT2D eigenvalue weighted by Crippen LogP contribution is -2.30.